The average molecular weight is 291 g/mol. The Labute approximate surface area is 122 Å². The van der Waals surface area contributed by atoms with Crippen LogP contribution in [0.2, 0.25) is 0 Å². The molecule has 1 fully saturated rings. The van der Waals surface area contributed by atoms with Crippen LogP contribution in [0.15, 0.2) is 24.3 Å². The van der Waals surface area contributed by atoms with Crippen LogP contribution in [-0.4, -0.2) is 30.1 Å². The summed E-state index contributed by atoms with van der Waals surface area (Å²) in [5.41, 5.74) is 0.787. The number of benzene rings is 1. The maximum Gasteiger partial charge on any atom is 0.337 e. The Morgan fingerprint density at radius 3 is 2.62 bits per heavy atom. The first-order valence-electron chi connectivity index (χ1n) is 6.75. The van der Waals surface area contributed by atoms with Crippen LogP contribution in [-0.2, 0) is 14.3 Å². The number of ether oxygens (including phenoxy) is 1. The first-order chi connectivity index (χ1) is 10.0. The molecule has 0 heterocycles. The fraction of sp³-hybridized carbons (Fsp3) is 0.400. The number of rotatable bonds is 4. The summed E-state index contributed by atoms with van der Waals surface area (Å²) in [6.45, 7) is 0. The van der Waals surface area contributed by atoms with Gasteiger partial charge < -0.3 is 15.2 Å². The van der Waals surface area contributed by atoms with E-state index in [-0.39, 0.29) is 5.91 Å². The van der Waals surface area contributed by atoms with Gasteiger partial charge in [-0.1, -0.05) is 12.5 Å². The van der Waals surface area contributed by atoms with Gasteiger partial charge in [-0.15, -0.1) is 0 Å². The standard InChI is InChI=1S/C15H17NO5/c1-21-15(20)9-4-2-5-10(8-9)16-13(17)11-6-3-7-12(11)14(18)19/h2,4-5,8,11-12H,3,6-7H2,1H3,(H,16,17)(H,18,19)/t11-,12+/m1/s1. The highest BCUT2D eigenvalue weighted by atomic mass is 16.5. The van der Waals surface area contributed by atoms with Crippen molar-refractivity contribution in [2.24, 2.45) is 11.8 Å². The summed E-state index contributed by atoms with van der Waals surface area (Å²) in [4.78, 5) is 34.7. The van der Waals surface area contributed by atoms with Gasteiger partial charge in [-0.05, 0) is 31.0 Å². The van der Waals surface area contributed by atoms with E-state index >= 15 is 0 Å². The van der Waals surface area contributed by atoms with Crippen LogP contribution in [0.1, 0.15) is 29.6 Å². The number of carboxylic acids is 1. The number of anilines is 1. The number of hydrogen-bond donors (Lipinski definition) is 2. The van der Waals surface area contributed by atoms with E-state index in [2.05, 4.69) is 10.1 Å². The molecule has 1 amide bonds. The molecule has 6 nitrogen and oxygen atoms in total. The van der Waals surface area contributed by atoms with Crippen LogP contribution in [0.3, 0.4) is 0 Å². The number of amides is 1. The molecule has 1 aromatic rings. The summed E-state index contributed by atoms with van der Waals surface area (Å²) in [6.07, 6.45) is 1.83. The van der Waals surface area contributed by atoms with Gasteiger partial charge in [0.25, 0.3) is 0 Å². The molecule has 2 N–H and O–H groups in total. The van der Waals surface area contributed by atoms with Gasteiger partial charge in [-0.2, -0.15) is 0 Å². The molecule has 1 aliphatic carbocycles. The van der Waals surface area contributed by atoms with Crippen molar-refractivity contribution < 1.29 is 24.2 Å². The van der Waals surface area contributed by atoms with Gasteiger partial charge in [0, 0.05) is 5.69 Å². The molecule has 2 rings (SSSR count). The molecule has 6 heteroatoms. The van der Waals surface area contributed by atoms with E-state index in [0.717, 1.165) is 6.42 Å². The van der Waals surface area contributed by atoms with Crippen LogP contribution in [0.4, 0.5) is 5.69 Å². The average Bonchev–Trinajstić information content (AvgIpc) is 2.96. The smallest absolute Gasteiger partial charge is 0.337 e. The SMILES string of the molecule is COC(=O)c1cccc(NC(=O)[C@@H]2CCC[C@@H]2C(=O)O)c1. The Morgan fingerprint density at radius 2 is 1.95 bits per heavy atom. The summed E-state index contributed by atoms with van der Waals surface area (Å²) in [7, 11) is 1.28. The molecular formula is C15H17NO5. The molecule has 21 heavy (non-hydrogen) atoms. The van der Waals surface area contributed by atoms with Gasteiger partial charge in [0.1, 0.15) is 0 Å². The van der Waals surface area contributed by atoms with E-state index in [9.17, 15) is 14.4 Å². The van der Waals surface area contributed by atoms with Crippen molar-refractivity contribution in [2.75, 3.05) is 12.4 Å². The third kappa shape index (κ3) is 3.39. The lowest BCUT2D eigenvalue weighted by atomic mass is 9.95. The zero-order valence-corrected chi connectivity index (χ0v) is 11.7. The Morgan fingerprint density at radius 1 is 1.24 bits per heavy atom. The molecule has 0 aromatic heterocycles. The number of carboxylic acid groups (broad SMARTS) is 1. The maximum absolute atomic E-state index is 12.2. The van der Waals surface area contributed by atoms with Crippen molar-refractivity contribution >= 4 is 23.5 Å². The zero-order valence-electron chi connectivity index (χ0n) is 11.7. The fourth-order valence-electron chi connectivity index (χ4n) is 2.65. The van der Waals surface area contributed by atoms with Gasteiger partial charge in [-0.25, -0.2) is 4.79 Å². The van der Waals surface area contributed by atoms with Crippen molar-refractivity contribution in [3.8, 4) is 0 Å². The Hall–Kier alpha value is -2.37. The summed E-state index contributed by atoms with van der Waals surface area (Å²) in [5, 5.41) is 11.8. The second kappa shape index (κ2) is 6.39. The summed E-state index contributed by atoms with van der Waals surface area (Å²) >= 11 is 0. The molecular weight excluding hydrogens is 274 g/mol. The summed E-state index contributed by atoms with van der Waals surface area (Å²) in [5.74, 6) is -2.90. The lowest BCUT2D eigenvalue weighted by molar-refractivity contribution is -0.145. The molecule has 0 bridgehead atoms. The molecule has 1 aromatic carbocycles. The van der Waals surface area contributed by atoms with Gasteiger partial charge in [0.05, 0.1) is 24.5 Å². The van der Waals surface area contributed by atoms with Gasteiger partial charge in [0.15, 0.2) is 0 Å². The normalized spacial score (nSPS) is 20.8. The van der Waals surface area contributed by atoms with Crippen molar-refractivity contribution in [2.45, 2.75) is 19.3 Å². The molecule has 112 valence electrons. The Kier molecular flexibility index (Phi) is 4.57. The van der Waals surface area contributed by atoms with Crippen molar-refractivity contribution in [3.05, 3.63) is 29.8 Å². The number of hydrogen-bond acceptors (Lipinski definition) is 4. The fourth-order valence-corrected chi connectivity index (χ4v) is 2.65. The van der Waals surface area contributed by atoms with Gasteiger partial charge in [0.2, 0.25) is 5.91 Å². The van der Waals surface area contributed by atoms with Crippen molar-refractivity contribution in [1.82, 2.24) is 0 Å². The molecule has 0 unspecified atom stereocenters. The van der Waals surface area contributed by atoms with Crippen LogP contribution in [0, 0.1) is 11.8 Å². The molecule has 2 atom stereocenters. The minimum Gasteiger partial charge on any atom is -0.481 e. The van der Waals surface area contributed by atoms with Crippen LogP contribution >= 0.6 is 0 Å². The van der Waals surface area contributed by atoms with Crippen molar-refractivity contribution in [3.63, 3.8) is 0 Å². The van der Waals surface area contributed by atoms with E-state index in [0.29, 0.717) is 24.1 Å². The second-order valence-corrected chi connectivity index (χ2v) is 5.04. The van der Waals surface area contributed by atoms with E-state index < -0.39 is 23.8 Å². The van der Waals surface area contributed by atoms with Crippen molar-refractivity contribution in [1.29, 1.82) is 0 Å². The highest BCUT2D eigenvalue weighted by Crippen LogP contribution is 2.32. The van der Waals surface area contributed by atoms with Crippen LogP contribution in [0.5, 0.6) is 0 Å². The lowest BCUT2D eigenvalue weighted by Gasteiger charge is -2.15. The highest BCUT2D eigenvalue weighted by molar-refractivity contribution is 5.97. The third-order valence-electron chi connectivity index (χ3n) is 3.72. The van der Waals surface area contributed by atoms with Crippen LogP contribution < -0.4 is 5.32 Å². The number of carbonyl (C=O) groups excluding carboxylic acids is 2. The largest absolute Gasteiger partial charge is 0.481 e. The number of methoxy groups -OCH3 is 1. The highest BCUT2D eigenvalue weighted by Gasteiger charge is 2.37. The monoisotopic (exact) mass is 291 g/mol. The molecule has 0 radical (unpaired) electrons. The number of esters is 1. The maximum atomic E-state index is 12.2. The minimum atomic E-state index is -0.934. The number of aliphatic carboxylic acids is 1. The zero-order chi connectivity index (χ0) is 15.4. The van der Waals surface area contributed by atoms with E-state index in [1.165, 1.54) is 13.2 Å². The Balaban J connectivity index is 2.09. The van der Waals surface area contributed by atoms with Gasteiger partial charge >= 0.3 is 11.9 Å². The first kappa shape index (κ1) is 15.0. The predicted octanol–water partition coefficient (Wildman–Crippen LogP) is 1.91. The van der Waals surface area contributed by atoms with Gasteiger partial charge in [-0.3, -0.25) is 9.59 Å². The summed E-state index contributed by atoms with van der Waals surface area (Å²) in [6, 6.07) is 6.37. The van der Waals surface area contributed by atoms with E-state index in [1.807, 2.05) is 0 Å². The summed E-state index contributed by atoms with van der Waals surface area (Å²) < 4.78 is 4.62. The second-order valence-electron chi connectivity index (χ2n) is 5.04. The number of nitrogens with one attached hydrogen (secondary N) is 1. The quantitative estimate of drug-likeness (QED) is 0.827. The van der Waals surface area contributed by atoms with E-state index in [4.69, 9.17) is 5.11 Å². The van der Waals surface area contributed by atoms with E-state index in [1.54, 1.807) is 18.2 Å². The lowest BCUT2D eigenvalue weighted by Crippen LogP contribution is -2.30. The molecule has 0 saturated heterocycles. The first-order valence-corrected chi connectivity index (χ1v) is 6.75. The third-order valence-corrected chi connectivity index (χ3v) is 3.72. The molecule has 1 saturated carbocycles. The molecule has 0 aliphatic heterocycles. The topological polar surface area (TPSA) is 92.7 Å². The molecule has 0 spiro atoms. The predicted molar refractivity (Wildman–Crippen MR) is 74.9 cm³/mol. The molecule has 1 aliphatic rings. The van der Waals surface area contributed by atoms with Crippen LogP contribution in [0.25, 0.3) is 0 Å². The number of carbonyl (C=O) groups is 3. The minimum absolute atomic E-state index is 0.318. The Bertz CT molecular complexity index is 569.